The largest absolute Gasteiger partial charge is 0.492 e. The number of ether oxygens (including phenoxy) is 1. The number of hydrogen-bond donors (Lipinski definition) is 1. The number of rotatable bonds is 4. The first-order valence-electron chi connectivity index (χ1n) is 10.2. The molecule has 4 nitrogen and oxygen atoms in total. The van der Waals surface area contributed by atoms with Crippen molar-refractivity contribution in [1.82, 2.24) is 9.88 Å². The Hall–Kier alpha value is -2.30. The Labute approximate surface area is 176 Å². The van der Waals surface area contributed by atoms with Gasteiger partial charge in [-0.2, -0.15) is 0 Å². The maximum absolute atomic E-state index is 13.1. The second-order valence-electron chi connectivity index (χ2n) is 8.28. The van der Waals surface area contributed by atoms with Gasteiger partial charge in [-0.05, 0) is 58.0 Å². The van der Waals surface area contributed by atoms with Crippen molar-refractivity contribution in [3.8, 4) is 16.9 Å². The molecule has 2 heterocycles. The fourth-order valence-electron chi connectivity index (χ4n) is 4.40. The zero-order valence-electron chi connectivity index (χ0n) is 17.2. The SMILES string of the molecule is Cc1cc(C)cc(-c2c(OCC3CCCN(C)C3)c3cccc(Cl)c3[nH]c2=O)c1. The normalized spacial score (nSPS) is 17.6. The van der Waals surface area contributed by atoms with Crippen LogP contribution in [-0.4, -0.2) is 36.6 Å². The minimum Gasteiger partial charge on any atom is -0.492 e. The summed E-state index contributed by atoms with van der Waals surface area (Å²) >= 11 is 6.39. The number of likely N-dealkylation sites (tertiary alicyclic amines) is 1. The molecule has 0 amide bonds. The molecule has 0 bridgehead atoms. The van der Waals surface area contributed by atoms with Gasteiger partial charge in [0.15, 0.2) is 0 Å². The van der Waals surface area contributed by atoms with E-state index in [0.29, 0.717) is 34.4 Å². The summed E-state index contributed by atoms with van der Waals surface area (Å²) in [6, 6.07) is 11.8. The smallest absolute Gasteiger partial charge is 0.260 e. The highest BCUT2D eigenvalue weighted by Crippen LogP contribution is 2.36. The van der Waals surface area contributed by atoms with Crippen molar-refractivity contribution >= 4 is 22.5 Å². The van der Waals surface area contributed by atoms with E-state index in [0.717, 1.165) is 41.6 Å². The van der Waals surface area contributed by atoms with Crippen LogP contribution in [0.5, 0.6) is 5.75 Å². The first kappa shape index (κ1) is 20.0. The lowest BCUT2D eigenvalue weighted by molar-refractivity contribution is 0.151. The van der Waals surface area contributed by atoms with Crippen LogP contribution in [0.25, 0.3) is 22.0 Å². The predicted molar refractivity (Wildman–Crippen MR) is 120 cm³/mol. The van der Waals surface area contributed by atoms with Crippen molar-refractivity contribution in [3.05, 3.63) is 62.9 Å². The standard InChI is InChI=1S/C24H27ClN2O2/c1-15-10-16(2)12-18(11-15)21-23(29-14-17-6-5-9-27(3)13-17)19-7-4-8-20(25)22(19)26-24(21)28/h4,7-8,10-12,17H,5-6,9,13-14H2,1-3H3,(H,26,28). The molecule has 1 aliphatic rings. The van der Waals surface area contributed by atoms with Crippen molar-refractivity contribution in [1.29, 1.82) is 0 Å². The van der Waals surface area contributed by atoms with E-state index in [-0.39, 0.29) is 5.56 Å². The molecule has 29 heavy (non-hydrogen) atoms. The van der Waals surface area contributed by atoms with E-state index in [1.165, 1.54) is 6.42 Å². The molecule has 0 aliphatic carbocycles. The third-order valence-electron chi connectivity index (χ3n) is 5.65. The molecule has 1 aliphatic heterocycles. The molecule has 1 saturated heterocycles. The van der Waals surface area contributed by atoms with E-state index in [1.54, 1.807) is 6.07 Å². The predicted octanol–water partition coefficient (Wildman–Crippen LogP) is 5.19. The monoisotopic (exact) mass is 410 g/mol. The summed E-state index contributed by atoms with van der Waals surface area (Å²) in [6.07, 6.45) is 2.32. The van der Waals surface area contributed by atoms with Crippen LogP contribution in [-0.2, 0) is 0 Å². The number of hydrogen-bond acceptors (Lipinski definition) is 3. The molecular weight excluding hydrogens is 384 g/mol. The Balaban J connectivity index is 1.84. The Morgan fingerprint density at radius 2 is 1.97 bits per heavy atom. The minimum absolute atomic E-state index is 0.175. The summed E-state index contributed by atoms with van der Waals surface area (Å²) in [7, 11) is 2.15. The summed E-state index contributed by atoms with van der Waals surface area (Å²) in [5.74, 6) is 1.08. The number of piperidine rings is 1. The summed E-state index contributed by atoms with van der Waals surface area (Å²) in [4.78, 5) is 18.4. The van der Waals surface area contributed by atoms with Gasteiger partial charge < -0.3 is 14.6 Å². The molecule has 0 spiro atoms. The molecule has 1 N–H and O–H groups in total. The number of nitrogens with zero attached hydrogens (tertiary/aromatic N) is 1. The van der Waals surface area contributed by atoms with E-state index in [9.17, 15) is 4.79 Å². The van der Waals surface area contributed by atoms with Gasteiger partial charge in [-0.1, -0.05) is 47.0 Å². The molecule has 0 saturated carbocycles. The summed E-state index contributed by atoms with van der Waals surface area (Å²) in [5, 5.41) is 1.37. The Morgan fingerprint density at radius 3 is 2.69 bits per heavy atom. The van der Waals surface area contributed by atoms with Crippen molar-refractivity contribution in [2.45, 2.75) is 26.7 Å². The van der Waals surface area contributed by atoms with Gasteiger partial charge >= 0.3 is 0 Å². The van der Waals surface area contributed by atoms with Crippen LogP contribution >= 0.6 is 11.6 Å². The molecule has 5 heteroatoms. The van der Waals surface area contributed by atoms with Crippen molar-refractivity contribution in [2.75, 3.05) is 26.7 Å². The lowest BCUT2D eigenvalue weighted by Gasteiger charge is -2.29. The Kier molecular flexibility index (Phi) is 5.66. The molecule has 2 aromatic carbocycles. The zero-order valence-corrected chi connectivity index (χ0v) is 18.0. The quantitative estimate of drug-likeness (QED) is 0.644. The first-order chi connectivity index (χ1) is 13.9. The van der Waals surface area contributed by atoms with E-state index in [2.05, 4.69) is 23.0 Å². The van der Waals surface area contributed by atoms with Crippen LogP contribution in [0.3, 0.4) is 0 Å². The number of aromatic amines is 1. The van der Waals surface area contributed by atoms with Gasteiger partial charge in [0, 0.05) is 17.8 Å². The fraction of sp³-hybridized carbons (Fsp3) is 0.375. The molecule has 4 rings (SSSR count). The van der Waals surface area contributed by atoms with E-state index in [1.807, 2.05) is 38.1 Å². The average molecular weight is 411 g/mol. The van der Waals surface area contributed by atoms with Crippen LogP contribution in [0.2, 0.25) is 5.02 Å². The summed E-state index contributed by atoms with van der Waals surface area (Å²) in [6.45, 7) is 6.82. The molecule has 3 aromatic rings. The topological polar surface area (TPSA) is 45.3 Å². The van der Waals surface area contributed by atoms with Crippen LogP contribution in [0.4, 0.5) is 0 Å². The van der Waals surface area contributed by atoms with Gasteiger partial charge in [-0.15, -0.1) is 0 Å². The second kappa shape index (κ2) is 8.21. The number of H-pyrrole nitrogens is 1. The van der Waals surface area contributed by atoms with E-state index >= 15 is 0 Å². The lowest BCUT2D eigenvalue weighted by atomic mass is 9.98. The van der Waals surface area contributed by atoms with Gasteiger partial charge in [0.05, 0.1) is 22.7 Å². The minimum atomic E-state index is -0.175. The number of aryl methyl sites for hydroxylation is 2. The molecule has 0 radical (unpaired) electrons. The molecule has 1 atom stereocenters. The van der Waals surface area contributed by atoms with Crippen molar-refractivity contribution < 1.29 is 4.74 Å². The number of pyridine rings is 1. The van der Waals surface area contributed by atoms with Crippen LogP contribution in [0.15, 0.2) is 41.2 Å². The van der Waals surface area contributed by atoms with Crippen LogP contribution < -0.4 is 10.3 Å². The van der Waals surface area contributed by atoms with Gasteiger partial charge in [0.1, 0.15) is 5.75 Å². The maximum atomic E-state index is 13.1. The average Bonchev–Trinajstić information content (AvgIpc) is 2.66. The zero-order chi connectivity index (χ0) is 20.5. The van der Waals surface area contributed by atoms with Crippen LogP contribution in [0.1, 0.15) is 24.0 Å². The summed E-state index contributed by atoms with van der Waals surface area (Å²) < 4.78 is 6.40. The first-order valence-corrected chi connectivity index (χ1v) is 10.5. The van der Waals surface area contributed by atoms with E-state index in [4.69, 9.17) is 16.3 Å². The van der Waals surface area contributed by atoms with Gasteiger partial charge in [-0.25, -0.2) is 0 Å². The highest BCUT2D eigenvalue weighted by molar-refractivity contribution is 6.35. The van der Waals surface area contributed by atoms with E-state index < -0.39 is 0 Å². The number of nitrogens with one attached hydrogen (secondary N) is 1. The summed E-state index contributed by atoms with van der Waals surface area (Å²) in [5.41, 5.74) is 4.14. The highest BCUT2D eigenvalue weighted by Gasteiger charge is 2.22. The Bertz CT molecular complexity index is 1090. The Morgan fingerprint density at radius 1 is 1.21 bits per heavy atom. The number of aromatic nitrogens is 1. The van der Waals surface area contributed by atoms with Gasteiger partial charge in [0.2, 0.25) is 0 Å². The number of para-hydroxylation sites is 1. The van der Waals surface area contributed by atoms with Crippen molar-refractivity contribution in [2.24, 2.45) is 5.92 Å². The molecule has 1 unspecified atom stereocenters. The van der Waals surface area contributed by atoms with Crippen molar-refractivity contribution in [3.63, 3.8) is 0 Å². The molecule has 1 aromatic heterocycles. The molecular formula is C24H27ClN2O2. The number of halogens is 1. The third-order valence-corrected chi connectivity index (χ3v) is 5.96. The fourth-order valence-corrected chi connectivity index (χ4v) is 4.62. The third kappa shape index (κ3) is 4.19. The second-order valence-corrected chi connectivity index (χ2v) is 8.69. The maximum Gasteiger partial charge on any atom is 0.260 e. The molecule has 1 fully saturated rings. The molecule has 152 valence electrons. The number of benzene rings is 2. The number of fused-ring (bicyclic) bond motifs is 1. The lowest BCUT2D eigenvalue weighted by Crippen LogP contribution is -2.35. The van der Waals surface area contributed by atoms with Gasteiger partial charge in [0.25, 0.3) is 5.56 Å². The van der Waals surface area contributed by atoms with Crippen LogP contribution in [0, 0.1) is 19.8 Å². The highest BCUT2D eigenvalue weighted by atomic mass is 35.5. The van der Waals surface area contributed by atoms with Gasteiger partial charge in [-0.3, -0.25) is 4.79 Å².